The van der Waals surface area contributed by atoms with Gasteiger partial charge in [0.15, 0.2) is 11.7 Å². The summed E-state index contributed by atoms with van der Waals surface area (Å²) in [5.74, 6) is 0.159. The average molecular weight is 526 g/mol. The number of benzene rings is 2. The van der Waals surface area contributed by atoms with Crippen molar-refractivity contribution in [2.24, 2.45) is 0 Å². The number of amides is 1. The lowest BCUT2D eigenvalue weighted by atomic mass is 9.96. The lowest BCUT2D eigenvalue weighted by Crippen LogP contribution is -2.37. The number of hydrogen-bond donors (Lipinski definition) is 3. The highest BCUT2D eigenvalue weighted by Crippen LogP contribution is 2.21. The monoisotopic (exact) mass is 525 g/mol. The van der Waals surface area contributed by atoms with Crippen molar-refractivity contribution in [1.29, 1.82) is 0 Å². The highest BCUT2D eigenvalue weighted by molar-refractivity contribution is 9.10. The van der Waals surface area contributed by atoms with E-state index < -0.39 is 15.9 Å². The Labute approximate surface area is 196 Å². The van der Waals surface area contributed by atoms with Crippen LogP contribution in [0.4, 0.5) is 5.69 Å². The summed E-state index contributed by atoms with van der Waals surface area (Å²) in [6.07, 6.45) is 5.00. The second-order valence-corrected chi connectivity index (χ2v) is 10.3. The molecule has 1 fully saturated rings. The molecule has 0 aliphatic heterocycles. The lowest BCUT2D eigenvalue weighted by molar-refractivity contribution is -0.121. The van der Waals surface area contributed by atoms with E-state index in [-0.39, 0.29) is 22.7 Å². The molecular weight excluding hydrogens is 502 g/mol. The highest BCUT2D eigenvalue weighted by Gasteiger charge is 2.21. The van der Waals surface area contributed by atoms with Gasteiger partial charge in [-0.3, -0.25) is 10.1 Å². The largest absolute Gasteiger partial charge is 0.484 e. The Morgan fingerprint density at radius 1 is 1.03 bits per heavy atom. The van der Waals surface area contributed by atoms with Crippen LogP contribution in [0, 0.1) is 0 Å². The summed E-state index contributed by atoms with van der Waals surface area (Å²) in [5, 5.41) is 5.48. The van der Waals surface area contributed by atoms with Gasteiger partial charge in [0.05, 0.1) is 4.90 Å². The molecule has 0 radical (unpaired) electrons. The van der Waals surface area contributed by atoms with E-state index in [0.717, 1.165) is 36.6 Å². The maximum atomic E-state index is 12.6. The van der Waals surface area contributed by atoms with Gasteiger partial charge in [-0.1, -0.05) is 35.2 Å². The fourth-order valence-electron chi connectivity index (χ4n) is 3.23. The van der Waals surface area contributed by atoms with Gasteiger partial charge in [0.2, 0.25) is 10.0 Å². The first-order valence-corrected chi connectivity index (χ1v) is 12.6. The van der Waals surface area contributed by atoms with Gasteiger partial charge in [0, 0.05) is 16.2 Å². The van der Waals surface area contributed by atoms with Crippen LogP contribution in [-0.2, 0) is 14.8 Å². The van der Waals surface area contributed by atoms with Gasteiger partial charge in [0.1, 0.15) is 5.75 Å². The Hall–Kier alpha value is -2.01. The molecular formula is C21H24BrN3O4S2. The van der Waals surface area contributed by atoms with Crippen molar-refractivity contribution in [3.05, 3.63) is 53.0 Å². The van der Waals surface area contributed by atoms with E-state index in [1.54, 1.807) is 24.3 Å². The maximum Gasteiger partial charge on any atom is 0.264 e. The van der Waals surface area contributed by atoms with Crippen LogP contribution >= 0.6 is 28.1 Å². The molecule has 0 bridgehead atoms. The molecule has 1 aliphatic rings. The minimum Gasteiger partial charge on any atom is -0.484 e. The molecule has 1 amide bonds. The lowest BCUT2D eigenvalue weighted by Gasteiger charge is -2.22. The molecule has 0 saturated heterocycles. The minimum atomic E-state index is -3.56. The van der Waals surface area contributed by atoms with Gasteiger partial charge in [-0.05, 0) is 73.6 Å². The van der Waals surface area contributed by atoms with E-state index in [4.69, 9.17) is 17.0 Å². The first kappa shape index (κ1) is 23.6. The highest BCUT2D eigenvalue weighted by atomic mass is 79.9. The smallest absolute Gasteiger partial charge is 0.264 e. The molecule has 7 nitrogen and oxygen atoms in total. The van der Waals surface area contributed by atoms with Gasteiger partial charge < -0.3 is 10.1 Å². The number of carbonyl (C=O) groups excluding carboxylic acids is 1. The molecule has 166 valence electrons. The van der Waals surface area contributed by atoms with Crippen LogP contribution in [0.25, 0.3) is 0 Å². The Balaban J connectivity index is 1.47. The van der Waals surface area contributed by atoms with Crippen molar-refractivity contribution < 1.29 is 17.9 Å². The van der Waals surface area contributed by atoms with Crippen LogP contribution < -0.4 is 20.1 Å². The third-order valence-corrected chi connectivity index (χ3v) is 7.06. The molecule has 0 aromatic heterocycles. The van der Waals surface area contributed by atoms with Gasteiger partial charge in [-0.2, -0.15) is 0 Å². The molecule has 31 heavy (non-hydrogen) atoms. The van der Waals surface area contributed by atoms with Crippen LogP contribution in [-0.4, -0.2) is 32.1 Å². The molecule has 10 heteroatoms. The number of halogens is 1. The Morgan fingerprint density at radius 3 is 2.32 bits per heavy atom. The van der Waals surface area contributed by atoms with Crippen LogP contribution in [0.1, 0.15) is 32.1 Å². The maximum absolute atomic E-state index is 12.6. The predicted molar refractivity (Wildman–Crippen MR) is 128 cm³/mol. The summed E-state index contributed by atoms with van der Waals surface area (Å²) in [4.78, 5) is 12.2. The van der Waals surface area contributed by atoms with Crippen molar-refractivity contribution >= 4 is 54.9 Å². The fourth-order valence-corrected chi connectivity index (χ4v) is 5.03. The van der Waals surface area contributed by atoms with E-state index in [1.165, 1.54) is 12.1 Å². The zero-order chi connectivity index (χ0) is 22.3. The van der Waals surface area contributed by atoms with Gasteiger partial charge in [-0.15, -0.1) is 0 Å². The third-order valence-electron chi connectivity index (χ3n) is 4.79. The minimum absolute atomic E-state index is 0.000954. The Bertz CT molecular complexity index is 1010. The Morgan fingerprint density at radius 2 is 1.68 bits per heavy atom. The summed E-state index contributed by atoms with van der Waals surface area (Å²) in [6.45, 7) is -0.187. The Kier molecular flexibility index (Phi) is 8.42. The third kappa shape index (κ3) is 7.57. The summed E-state index contributed by atoms with van der Waals surface area (Å²) in [5.41, 5.74) is 0.566. The number of rotatable bonds is 7. The summed E-state index contributed by atoms with van der Waals surface area (Å²) in [7, 11) is -3.56. The van der Waals surface area contributed by atoms with Crippen molar-refractivity contribution in [3.63, 3.8) is 0 Å². The molecule has 1 saturated carbocycles. The number of carbonyl (C=O) groups is 1. The number of hydrogen-bond acceptors (Lipinski definition) is 5. The van der Waals surface area contributed by atoms with E-state index in [9.17, 15) is 13.2 Å². The zero-order valence-electron chi connectivity index (χ0n) is 16.8. The molecule has 2 aromatic rings. The van der Waals surface area contributed by atoms with Crippen molar-refractivity contribution in [3.8, 4) is 5.75 Å². The van der Waals surface area contributed by atoms with Crippen molar-refractivity contribution in [1.82, 2.24) is 10.0 Å². The predicted octanol–water partition coefficient (Wildman–Crippen LogP) is 3.95. The summed E-state index contributed by atoms with van der Waals surface area (Å²) < 4.78 is 34.2. The topological polar surface area (TPSA) is 96.5 Å². The van der Waals surface area contributed by atoms with E-state index >= 15 is 0 Å². The summed E-state index contributed by atoms with van der Waals surface area (Å²) in [6, 6.07) is 13.3. The first-order valence-electron chi connectivity index (χ1n) is 9.93. The normalized spacial score (nSPS) is 14.6. The molecule has 1 aliphatic carbocycles. The number of sulfonamides is 1. The van der Waals surface area contributed by atoms with Crippen LogP contribution in [0.3, 0.4) is 0 Å². The SMILES string of the molecule is O=C(COc1ccc(Br)cc1)NC(=S)Nc1ccc(S(=O)(=O)NC2CCCCC2)cc1. The molecule has 3 N–H and O–H groups in total. The molecule has 2 aromatic carbocycles. The van der Waals surface area contributed by atoms with Crippen LogP contribution in [0.5, 0.6) is 5.75 Å². The average Bonchev–Trinajstić information content (AvgIpc) is 2.74. The van der Waals surface area contributed by atoms with E-state index in [0.29, 0.717) is 11.4 Å². The fraction of sp³-hybridized carbons (Fsp3) is 0.333. The van der Waals surface area contributed by atoms with Gasteiger partial charge >= 0.3 is 0 Å². The quantitative estimate of drug-likeness (QED) is 0.473. The molecule has 0 spiro atoms. The molecule has 3 rings (SSSR count). The van der Waals surface area contributed by atoms with Crippen molar-refractivity contribution in [2.75, 3.05) is 11.9 Å². The standard InChI is InChI=1S/C21H24BrN3O4S2/c22-15-6-10-18(11-7-15)29-14-20(26)24-21(30)23-16-8-12-19(13-9-16)31(27,28)25-17-4-2-1-3-5-17/h6-13,17,25H,1-5,14H2,(H2,23,24,26,30). The van der Waals surface area contributed by atoms with Crippen LogP contribution in [0.2, 0.25) is 0 Å². The molecule has 0 atom stereocenters. The number of nitrogens with one attached hydrogen (secondary N) is 3. The van der Waals surface area contributed by atoms with E-state index in [1.807, 2.05) is 12.1 Å². The number of thiocarbonyl (C=S) groups is 1. The van der Waals surface area contributed by atoms with Gasteiger partial charge in [-0.25, -0.2) is 13.1 Å². The van der Waals surface area contributed by atoms with E-state index in [2.05, 4.69) is 31.3 Å². The van der Waals surface area contributed by atoms with Crippen LogP contribution in [0.15, 0.2) is 57.9 Å². The molecule has 0 unspecified atom stereocenters. The van der Waals surface area contributed by atoms with Gasteiger partial charge in [0.25, 0.3) is 5.91 Å². The second kappa shape index (κ2) is 11.0. The second-order valence-electron chi connectivity index (χ2n) is 7.23. The zero-order valence-corrected chi connectivity index (χ0v) is 20.0. The number of anilines is 1. The van der Waals surface area contributed by atoms with Crippen molar-refractivity contribution in [2.45, 2.75) is 43.0 Å². The number of ether oxygens (including phenoxy) is 1. The summed E-state index contributed by atoms with van der Waals surface area (Å²) >= 11 is 8.47. The first-order chi connectivity index (χ1) is 14.8. The molecule has 0 heterocycles.